The minimum atomic E-state index is -0.219. The smallest absolute Gasteiger partial charge is 0.322 e. The highest BCUT2D eigenvalue weighted by atomic mass is 35.5. The zero-order valence-corrected chi connectivity index (χ0v) is 12.8. The molecule has 0 atom stereocenters. The molecule has 3 aromatic rings. The summed E-state index contributed by atoms with van der Waals surface area (Å²) in [5, 5.41) is 0.659. The summed E-state index contributed by atoms with van der Waals surface area (Å²) in [6.45, 7) is 0.471. The van der Waals surface area contributed by atoms with Gasteiger partial charge in [0.2, 0.25) is 0 Å². The summed E-state index contributed by atoms with van der Waals surface area (Å²) in [5.41, 5.74) is 5.47. The summed E-state index contributed by atoms with van der Waals surface area (Å²) < 4.78 is 1.62. The van der Waals surface area contributed by atoms with Crippen molar-refractivity contribution in [2.75, 3.05) is 12.5 Å². The van der Waals surface area contributed by atoms with Crippen molar-refractivity contribution in [3.05, 3.63) is 65.4 Å². The minimum absolute atomic E-state index is 0.219. The molecule has 0 aliphatic heterocycles. The molecular formula is C16H15ClN4O. The molecule has 1 heterocycles. The first-order valence-electron chi connectivity index (χ1n) is 6.82. The highest BCUT2D eigenvalue weighted by Gasteiger charge is 2.11. The number of carbonyl (C=O) groups is 1. The number of benzene rings is 2. The van der Waals surface area contributed by atoms with Crippen LogP contribution in [0.3, 0.4) is 0 Å². The molecule has 3 rings (SSSR count). The fraction of sp³-hybridized carbons (Fsp3) is 0.125. The molecule has 2 amide bonds. The van der Waals surface area contributed by atoms with Gasteiger partial charge < -0.3 is 4.90 Å². The van der Waals surface area contributed by atoms with Crippen molar-refractivity contribution in [2.45, 2.75) is 6.54 Å². The van der Waals surface area contributed by atoms with E-state index >= 15 is 0 Å². The number of hydrogen-bond acceptors (Lipinski definition) is 2. The van der Waals surface area contributed by atoms with Crippen LogP contribution < -0.4 is 5.43 Å². The first-order chi connectivity index (χ1) is 10.6. The minimum Gasteiger partial charge on any atom is -0.322 e. The SMILES string of the molecule is CN(Cc1cccc(Cl)c1)C(=O)Nn1cnc2ccccc21. The van der Waals surface area contributed by atoms with E-state index in [1.165, 1.54) is 0 Å². The van der Waals surface area contributed by atoms with E-state index in [-0.39, 0.29) is 6.03 Å². The van der Waals surface area contributed by atoms with Crippen LogP contribution in [-0.4, -0.2) is 27.6 Å². The van der Waals surface area contributed by atoms with E-state index in [4.69, 9.17) is 11.6 Å². The van der Waals surface area contributed by atoms with Crippen LogP contribution >= 0.6 is 11.6 Å². The van der Waals surface area contributed by atoms with Gasteiger partial charge >= 0.3 is 6.03 Å². The van der Waals surface area contributed by atoms with Gasteiger partial charge in [0, 0.05) is 18.6 Å². The van der Waals surface area contributed by atoms with Crippen molar-refractivity contribution < 1.29 is 4.79 Å². The number of rotatable bonds is 3. The van der Waals surface area contributed by atoms with Gasteiger partial charge in [-0.15, -0.1) is 0 Å². The average Bonchev–Trinajstić information content (AvgIpc) is 2.90. The van der Waals surface area contributed by atoms with Crippen LogP contribution in [0, 0.1) is 0 Å². The van der Waals surface area contributed by atoms with E-state index in [0.717, 1.165) is 16.6 Å². The number of carbonyl (C=O) groups excluding carboxylic acids is 1. The maximum absolute atomic E-state index is 12.3. The molecule has 0 radical (unpaired) electrons. The third kappa shape index (κ3) is 3.04. The molecule has 112 valence electrons. The third-order valence-electron chi connectivity index (χ3n) is 3.33. The standard InChI is InChI=1S/C16H15ClN4O/c1-20(10-12-5-4-6-13(17)9-12)16(22)19-21-11-18-14-7-2-3-8-15(14)21/h2-9,11H,10H2,1H3,(H,19,22). The molecule has 5 nitrogen and oxygen atoms in total. The van der Waals surface area contributed by atoms with E-state index in [2.05, 4.69) is 10.4 Å². The number of imidazole rings is 1. The summed E-state index contributed by atoms with van der Waals surface area (Å²) in [4.78, 5) is 18.1. The highest BCUT2D eigenvalue weighted by Crippen LogP contribution is 2.13. The molecule has 0 aliphatic carbocycles. The van der Waals surface area contributed by atoms with Gasteiger partial charge in [0.25, 0.3) is 0 Å². The van der Waals surface area contributed by atoms with Gasteiger partial charge in [0.15, 0.2) is 0 Å². The molecule has 22 heavy (non-hydrogen) atoms. The Bertz CT molecular complexity index is 815. The number of amides is 2. The predicted molar refractivity (Wildman–Crippen MR) is 87.4 cm³/mol. The van der Waals surface area contributed by atoms with Gasteiger partial charge in [0.05, 0.1) is 11.0 Å². The summed E-state index contributed by atoms with van der Waals surface area (Å²) >= 11 is 5.96. The van der Waals surface area contributed by atoms with Crippen LogP contribution in [0.15, 0.2) is 54.9 Å². The van der Waals surface area contributed by atoms with Crippen LogP contribution in [0.4, 0.5) is 4.79 Å². The zero-order valence-electron chi connectivity index (χ0n) is 12.0. The molecule has 0 unspecified atom stereocenters. The summed E-state index contributed by atoms with van der Waals surface area (Å²) in [6, 6.07) is 14.8. The second kappa shape index (κ2) is 6.07. The van der Waals surface area contributed by atoms with Crippen molar-refractivity contribution in [3.63, 3.8) is 0 Å². The molecule has 0 spiro atoms. The Hall–Kier alpha value is -2.53. The van der Waals surface area contributed by atoms with Crippen molar-refractivity contribution in [1.82, 2.24) is 14.6 Å². The second-order valence-corrected chi connectivity index (χ2v) is 5.44. The van der Waals surface area contributed by atoms with E-state index in [0.29, 0.717) is 11.6 Å². The lowest BCUT2D eigenvalue weighted by molar-refractivity contribution is 0.217. The lowest BCUT2D eigenvalue weighted by Crippen LogP contribution is -2.35. The summed E-state index contributed by atoms with van der Waals surface area (Å²) in [5.74, 6) is 0. The lowest BCUT2D eigenvalue weighted by atomic mass is 10.2. The fourth-order valence-corrected chi connectivity index (χ4v) is 2.43. The molecule has 1 N–H and O–H groups in total. The highest BCUT2D eigenvalue weighted by molar-refractivity contribution is 6.30. The van der Waals surface area contributed by atoms with E-state index in [1.807, 2.05) is 48.5 Å². The van der Waals surface area contributed by atoms with Crippen LogP contribution in [0.1, 0.15) is 5.56 Å². The van der Waals surface area contributed by atoms with Gasteiger partial charge in [-0.2, -0.15) is 0 Å². The molecule has 0 aliphatic rings. The quantitative estimate of drug-likeness (QED) is 0.804. The maximum Gasteiger partial charge on any atom is 0.336 e. The van der Waals surface area contributed by atoms with Gasteiger partial charge in [0.1, 0.15) is 6.33 Å². The lowest BCUT2D eigenvalue weighted by Gasteiger charge is -2.18. The zero-order chi connectivity index (χ0) is 15.5. The van der Waals surface area contributed by atoms with Crippen molar-refractivity contribution in [1.29, 1.82) is 0 Å². The molecule has 0 fully saturated rings. The normalized spacial score (nSPS) is 10.6. The number of para-hydroxylation sites is 2. The van der Waals surface area contributed by atoms with Crippen molar-refractivity contribution in [3.8, 4) is 0 Å². The number of fused-ring (bicyclic) bond motifs is 1. The number of aromatic nitrogens is 2. The Morgan fingerprint density at radius 2 is 2.09 bits per heavy atom. The van der Waals surface area contributed by atoms with Gasteiger partial charge in [-0.25, -0.2) is 19.9 Å². The third-order valence-corrected chi connectivity index (χ3v) is 3.56. The molecule has 0 saturated heterocycles. The Morgan fingerprint density at radius 3 is 2.91 bits per heavy atom. The largest absolute Gasteiger partial charge is 0.336 e. The number of urea groups is 1. The summed E-state index contributed by atoms with van der Waals surface area (Å²) in [7, 11) is 1.73. The Labute approximate surface area is 133 Å². The molecule has 2 aromatic carbocycles. The van der Waals surface area contributed by atoms with E-state index < -0.39 is 0 Å². The number of halogens is 1. The van der Waals surface area contributed by atoms with E-state index in [1.54, 1.807) is 23.0 Å². The maximum atomic E-state index is 12.3. The fourth-order valence-electron chi connectivity index (χ4n) is 2.22. The average molecular weight is 315 g/mol. The monoisotopic (exact) mass is 314 g/mol. The molecule has 0 saturated carbocycles. The van der Waals surface area contributed by atoms with Crippen molar-refractivity contribution >= 4 is 28.7 Å². The number of nitrogens with one attached hydrogen (secondary N) is 1. The predicted octanol–water partition coefficient (Wildman–Crippen LogP) is 3.49. The Morgan fingerprint density at radius 1 is 1.27 bits per heavy atom. The number of hydrogen-bond donors (Lipinski definition) is 1. The molecule has 0 bridgehead atoms. The van der Waals surface area contributed by atoms with Gasteiger partial charge in [-0.3, -0.25) is 0 Å². The molecular weight excluding hydrogens is 300 g/mol. The molecule has 6 heteroatoms. The van der Waals surface area contributed by atoms with Crippen LogP contribution in [-0.2, 0) is 6.54 Å². The van der Waals surface area contributed by atoms with Crippen LogP contribution in [0.25, 0.3) is 11.0 Å². The Balaban J connectivity index is 1.71. The van der Waals surface area contributed by atoms with Crippen LogP contribution in [0.2, 0.25) is 5.02 Å². The Kier molecular flexibility index (Phi) is 3.98. The topological polar surface area (TPSA) is 50.2 Å². The first kappa shape index (κ1) is 14.4. The molecule has 1 aromatic heterocycles. The van der Waals surface area contributed by atoms with Gasteiger partial charge in [-0.05, 0) is 29.8 Å². The summed E-state index contributed by atoms with van der Waals surface area (Å²) in [6.07, 6.45) is 1.59. The van der Waals surface area contributed by atoms with Gasteiger partial charge in [-0.1, -0.05) is 35.9 Å². The van der Waals surface area contributed by atoms with Crippen LogP contribution in [0.5, 0.6) is 0 Å². The van der Waals surface area contributed by atoms with Crippen molar-refractivity contribution in [2.24, 2.45) is 0 Å². The van der Waals surface area contributed by atoms with E-state index in [9.17, 15) is 4.79 Å². The first-order valence-corrected chi connectivity index (χ1v) is 7.20. The second-order valence-electron chi connectivity index (χ2n) is 5.01. The number of nitrogens with zero attached hydrogens (tertiary/aromatic N) is 3.